The first-order valence-corrected chi connectivity index (χ1v) is 15.2. The molecule has 0 spiro atoms. The summed E-state index contributed by atoms with van der Waals surface area (Å²) in [5, 5.41) is 11.8. The number of anilines is 1. The molecule has 5 rings (SSSR count). The molecule has 3 N–H and O–H groups in total. The lowest BCUT2D eigenvalue weighted by atomic mass is 10.0. The molecule has 2 heterocycles. The lowest BCUT2D eigenvalue weighted by Gasteiger charge is -2.34. The van der Waals surface area contributed by atoms with Gasteiger partial charge in [0, 0.05) is 31.4 Å². The number of benzene rings is 3. The number of nitrogens with two attached hydrogens (primary N) is 1. The fraction of sp³-hybridized carbons (Fsp3) is 0.345. The minimum Gasteiger partial charge on any atom is -0.497 e. The Kier molecular flexibility index (Phi) is 9.08. The van der Waals surface area contributed by atoms with E-state index in [-0.39, 0.29) is 36.2 Å². The van der Waals surface area contributed by atoms with Crippen molar-refractivity contribution in [3.05, 3.63) is 77.4 Å². The van der Waals surface area contributed by atoms with Crippen molar-refractivity contribution < 1.29 is 31.1 Å². The van der Waals surface area contributed by atoms with Crippen LogP contribution in [-0.2, 0) is 29.3 Å². The lowest BCUT2D eigenvalue weighted by Crippen LogP contribution is -2.40. The van der Waals surface area contributed by atoms with Gasteiger partial charge in [-0.05, 0) is 70.8 Å². The number of hydrogen-bond donors (Lipinski definition) is 2. The van der Waals surface area contributed by atoms with E-state index in [1.165, 1.54) is 25.0 Å². The molecule has 11 nitrogen and oxygen atoms in total. The van der Waals surface area contributed by atoms with Crippen LogP contribution in [0, 0.1) is 0 Å². The molecule has 0 saturated carbocycles. The molecule has 1 fully saturated rings. The Labute approximate surface area is 252 Å². The maximum absolute atomic E-state index is 14.6. The zero-order chi connectivity index (χ0) is 31.5. The maximum atomic E-state index is 14.6. The van der Waals surface area contributed by atoms with Crippen LogP contribution in [0.25, 0.3) is 11.4 Å². The predicted octanol–water partition coefficient (Wildman–Crippen LogP) is 3.83. The molecular formula is C29H32F3N7O4S. The highest BCUT2D eigenvalue weighted by molar-refractivity contribution is 7.89. The molecule has 15 heteroatoms. The number of aromatic nitrogens is 4. The summed E-state index contributed by atoms with van der Waals surface area (Å²) in [5.74, 6) is 1.04. The Morgan fingerprint density at radius 2 is 1.52 bits per heavy atom. The zero-order valence-corrected chi connectivity index (χ0v) is 24.9. The maximum Gasteiger partial charge on any atom is 0.417 e. The number of methoxy groups -OCH3 is 2. The van der Waals surface area contributed by atoms with Crippen LogP contribution < -0.4 is 24.8 Å². The minimum atomic E-state index is -5.00. The third kappa shape index (κ3) is 6.79. The number of rotatable bonds is 10. The van der Waals surface area contributed by atoms with E-state index in [1.807, 2.05) is 4.90 Å². The van der Waals surface area contributed by atoms with E-state index >= 15 is 0 Å². The van der Waals surface area contributed by atoms with Gasteiger partial charge in [-0.2, -0.15) is 13.2 Å². The van der Waals surface area contributed by atoms with E-state index in [0.717, 1.165) is 11.6 Å². The van der Waals surface area contributed by atoms with Gasteiger partial charge in [0.2, 0.25) is 10.0 Å². The second-order valence-corrected chi connectivity index (χ2v) is 12.0. The highest BCUT2D eigenvalue weighted by Gasteiger charge is 2.41. The molecule has 0 radical (unpaired) electrons. The van der Waals surface area contributed by atoms with Gasteiger partial charge < -0.3 is 20.1 Å². The number of tetrazole rings is 1. The Morgan fingerprint density at radius 3 is 2.09 bits per heavy atom. The summed E-state index contributed by atoms with van der Waals surface area (Å²) in [6.45, 7) is 0.630. The minimum absolute atomic E-state index is 0.0612. The van der Waals surface area contributed by atoms with Crippen molar-refractivity contribution in [2.24, 2.45) is 5.73 Å². The van der Waals surface area contributed by atoms with Gasteiger partial charge in [-0.15, -0.1) is 5.10 Å². The zero-order valence-electron chi connectivity index (χ0n) is 24.1. The van der Waals surface area contributed by atoms with E-state index in [9.17, 15) is 21.6 Å². The molecule has 1 aliphatic heterocycles. The molecule has 0 amide bonds. The highest BCUT2D eigenvalue weighted by atomic mass is 32.2. The molecule has 1 aromatic heterocycles. The van der Waals surface area contributed by atoms with Gasteiger partial charge in [0.05, 0.1) is 31.9 Å². The van der Waals surface area contributed by atoms with Crippen molar-refractivity contribution in [1.82, 2.24) is 24.9 Å². The third-order valence-electron chi connectivity index (χ3n) is 7.46. The van der Waals surface area contributed by atoms with Gasteiger partial charge in [-0.25, -0.2) is 17.8 Å². The number of halogens is 3. The number of ether oxygens (including phenoxy) is 2. The normalized spacial score (nSPS) is 14.5. The summed E-state index contributed by atoms with van der Waals surface area (Å²) < 4.78 is 85.7. The Hall–Kier alpha value is -4.21. The lowest BCUT2D eigenvalue weighted by molar-refractivity contribution is -0.139. The molecule has 0 unspecified atom stereocenters. The first kappa shape index (κ1) is 31.2. The van der Waals surface area contributed by atoms with Crippen molar-refractivity contribution in [1.29, 1.82) is 0 Å². The summed E-state index contributed by atoms with van der Waals surface area (Å²) in [4.78, 5) is 0.880. The summed E-state index contributed by atoms with van der Waals surface area (Å²) in [6.07, 6.45) is -3.85. The molecular weight excluding hydrogens is 599 g/mol. The fourth-order valence-corrected chi connectivity index (χ4v) is 6.52. The van der Waals surface area contributed by atoms with Crippen LogP contribution in [0.2, 0.25) is 0 Å². The van der Waals surface area contributed by atoms with Crippen molar-refractivity contribution in [2.75, 3.05) is 32.2 Å². The van der Waals surface area contributed by atoms with E-state index in [2.05, 4.69) is 20.2 Å². The third-order valence-corrected chi connectivity index (χ3v) is 8.95. The van der Waals surface area contributed by atoms with Gasteiger partial charge in [0.25, 0.3) is 0 Å². The number of alkyl halides is 3. The predicted molar refractivity (Wildman–Crippen MR) is 157 cm³/mol. The standard InChI is InChI=1S/C29H32F3N7O4S/c1-42-22-7-3-19(4-8-22)17-34-44(40,41)27-24(29(30,31)32)11-12-25(38-15-13-21(33)14-16-38)26(27)28-35-36-37-39(28)18-20-5-9-23(43-2)10-6-20/h3-12,21,34H,13-18,33H2,1-2H3. The fourth-order valence-electron chi connectivity index (χ4n) is 5.08. The van der Waals surface area contributed by atoms with Crippen LogP contribution in [-0.4, -0.2) is 62.0 Å². The molecule has 4 aromatic rings. The average Bonchev–Trinajstić information content (AvgIpc) is 3.47. The molecule has 3 aromatic carbocycles. The van der Waals surface area contributed by atoms with Crippen LogP contribution in [0.3, 0.4) is 0 Å². The van der Waals surface area contributed by atoms with Crippen molar-refractivity contribution in [2.45, 2.75) is 43.0 Å². The second-order valence-electron chi connectivity index (χ2n) is 10.3. The summed E-state index contributed by atoms with van der Waals surface area (Å²) >= 11 is 0. The molecule has 44 heavy (non-hydrogen) atoms. The van der Waals surface area contributed by atoms with Crippen LogP contribution in [0.1, 0.15) is 29.5 Å². The van der Waals surface area contributed by atoms with Crippen molar-refractivity contribution in [3.63, 3.8) is 0 Å². The van der Waals surface area contributed by atoms with E-state index in [1.54, 1.807) is 48.5 Å². The summed E-state index contributed by atoms with van der Waals surface area (Å²) in [7, 11) is -1.77. The largest absolute Gasteiger partial charge is 0.497 e. The van der Waals surface area contributed by atoms with Crippen LogP contribution >= 0.6 is 0 Å². The van der Waals surface area contributed by atoms with Gasteiger partial charge in [0.1, 0.15) is 16.4 Å². The smallest absolute Gasteiger partial charge is 0.417 e. The van der Waals surface area contributed by atoms with Gasteiger partial charge in [-0.3, -0.25) is 0 Å². The summed E-state index contributed by atoms with van der Waals surface area (Å²) in [6, 6.07) is 15.5. The SMILES string of the molecule is COc1ccc(CNS(=O)(=O)c2c(C(F)(F)F)ccc(N3CCC(N)CC3)c2-c2nnnn2Cc2ccc(OC)cc2)cc1. The first-order chi connectivity index (χ1) is 21.0. The Morgan fingerprint density at radius 1 is 0.932 bits per heavy atom. The monoisotopic (exact) mass is 631 g/mol. The number of nitrogens with zero attached hydrogens (tertiary/aromatic N) is 5. The van der Waals surface area contributed by atoms with Gasteiger partial charge in [0.15, 0.2) is 5.82 Å². The molecule has 1 saturated heterocycles. The number of sulfonamides is 1. The molecule has 234 valence electrons. The molecule has 0 atom stereocenters. The van der Waals surface area contributed by atoms with Crippen LogP contribution in [0.5, 0.6) is 11.5 Å². The van der Waals surface area contributed by atoms with Gasteiger partial charge in [-0.1, -0.05) is 24.3 Å². The second kappa shape index (κ2) is 12.8. The van der Waals surface area contributed by atoms with Crippen molar-refractivity contribution in [3.8, 4) is 22.9 Å². The number of nitrogens with one attached hydrogen (secondary N) is 1. The topological polar surface area (TPSA) is 137 Å². The van der Waals surface area contributed by atoms with E-state index < -0.39 is 26.7 Å². The molecule has 1 aliphatic rings. The van der Waals surface area contributed by atoms with E-state index in [4.69, 9.17) is 15.2 Å². The molecule has 0 bridgehead atoms. The molecule has 0 aliphatic carbocycles. The van der Waals surface area contributed by atoms with Crippen LogP contribution in [0.15, 0.2) is 65.6 Å². The number of piperidine rings is 1. The van der Waals surface area contributed by atoms with Crippen LogP contribution in [0.4, 0.5) is 18.9 Å². The number of hydrogen-bond acceptors (Lipinski definition) is 9. The summed E-state index contributed by atoms with van der Waals surface area (Å²) in [5.41, 5.74) is 6.04. The first-order valence-electron chi connectivity index (χ1n) is 13.8. The Balaban J connectivity index is 1.66. The average molecular weight is 632 g/mol. The quantitative estimate of drug-likeness (QED) is 0.268. The van der Waals surface area contributed by atoms with Crippen molar-refractivity contribution >= 4 is 15.7 Å². The van der Waals surface area contributed by atoms with Gasteiger partial charge >= 0.3 is 6.18 Å². The Bertz CT molecular complexity index is 1690. The van der Waals surface area contributed by atoms with E-state index in [0.29, 0.717) is 43.0 Å². The highest BCUT2D eigenvalue weighted by Crippen LogP contribution is 2.44.